The molecule has 0 bridgehead atoms. The zero-order valence-electron chi connectivity index (χ0n) is 10.3. The Hall–Kier alpha value is -0.120. The van der Waals surface area contributed by atoms with E-state index in [1.54, 1.807) is 0 Å². The van der Waals surface area contributed by atoms with E-state index >= 15 is 0 Å². The van der Waals surface area contributed by atoms with E-state index in [1.165, 1.54) is 0 Å². The van der Waals surface area contributed by atoms with Gasteiger partial charge in [0, 0.05) is 26.2 Å². The third-order valence-corrected chi connectivity index (χ3v) is 2.92. The van der Waals surface area contributed by atoms with E-state index in [-0.39, 0.29) is 0 Å². The summed E-state index contributed by atoms with van der Waals surface area (Å²) >= 11 is 0. The second-order valence-electron chi connectivity index (χ2n) is 5.32. The maximum Gasteiger partial charge on any atom is 0.0758 e. The molecule has 0 aromatic carbocycles. The maximum atomic E-state index is 9.76. The Balaban J connectivity index is 1.97. The van der Waals surface area contributed by atoms with Crippen LogP contribution < -0.4 is 0 Å². The molecule has 0 aromatic rings. The van der Waals surface area contributed by atoms with Crippen LogP contribution in [0.15, 0.2) is 0 Å². The first-order chi connectivity index (χ1) is 6.99. The fraction of sp³-hybridized carbons (Fsp3) is 1.00. The number of likely N-dealkylation sites (tertiary alicyclic amines) is 1. The van der Waals surface area contributed by atoms with Gasteiger partial charge in [0.2, 0.25) is 0 Å². The molecule has 0 aromatic heterocycles. The van der Waals surface area contributed by atoms with Crippen molar-refractivity contribution in [2.24, 2.45) is 5.92 Å². The van der Waals surface area contributed by atoms with Crippen molar-refractivity contribution >= 4 is 0 Å². The normalized spacial score (nSPS) is 27.8. The summed E-state index contributed by atoms with van der Waals surface area (Å²) in [4.78, 5) is 2.27. The summed E-state index contributed by atoms with van der Waals surface area (Å²) < 4.78 is 5.55. The number of rotatable bonds is 6. The first-order valence-corrected chi connectivity index (χ1v) is 6.02. The van der Waals surface area contributed by atoms with E-state index in [1.807, 2.05) is 6.92 Å². The van der Waals surface area contributed by atoms with Gasteiger partial charge in [-0.05, 0) is 25.7 Å². The van der Waals surface area contributed by atoms with E-state index < -0.39 is 5.60 Å². The van der Waals surface area contributed by atoms with Crippen LogP contribution in [-0.2, 0) is 4.74 Å². The number of nitrogens with zero attached hydrogens (tertiary/aromatic N) is 1. The van der Waals surface area contributed by atoms with Crippen molar-refractivity contribution in [3.8, 4) is 0 Å². The van der Waals surface area contributed by atoms with Crippen LogP contribution in [0.4, 0.5) is 0 Å². The van der Waals surface area contributed by atoms with Crippen molar-refractivity contribution in [3.63, 3.8) is 0 Å². The minimum absolute atomic E-state index is 0.474. The quantitative estimate of drug-likeness (QED) is 0.682. The lowest BCUT2D eigenvalue weighted by Crippen LogP contribution is -2.31. The molecule has 3 nitrogen and oxygen atoms in total. The van der Waals surface area contributed by atoms with Crippen LogP contribution in [0.1, 0.15) is 33.6 Å². The zero-order chi connectivity index (χ0) is 11.3. The molecule has 1 atom stereocenters. The number of ether oxygens (including phenoxy) is 1. The lowest BCUT2D eigenvalue weighted by Gasteiger charge is -2.18. The van der Waals surface area contributed by atoms with E-state index in [0.29, 0.717) is 0 Å². The fourth-order valence-electron chi connectivity index (χ4n) is 1.84. The van der Waals surface area contributed by atoms with E-state index in [9.17, 15) is 5.11 Å². The maximum absolute atomic E-state index is 9.76. The monoisotopic (exact) mass is 215 g/mol. The molecule has 1 unspecified atom stereocenters. The van der Waals surface area contributed by atoms with Crippen LogP contribution in [0.2, 0.25) is 0 Å². The molecule has 0 saturated carbocycles. The Morgan fingerprint density at radius 3 is 2.67 bits per heavy atom. The Bertz CT molecular complexity index is 180. The molecule has 3 heteroatoms. The Morgan fingerprint density at radius 1 is 1.40 bits per heavy atom. The third-order valence-electron chi connectivity index (χ3n) is 2.92. The summed E-state index contributed by atoms with van der Waals surface area (Å²) in [7, 11) is 0. The van der Waals surface area contributed by atoms with E-state index in [4.69, 9.17) is 4.74 Å². The van der Waals surface area contributed by atoms with Crippen molar-refractivity contribution in [2.75, 3.05) is 32.8 Å². The van der Waals surface area contributed by atoms with Crippen LogP contribution in [-0.4, -0.2) is 48.5 Å². The van der Waals surface area contributed by atoms with Crippen LogP contribution in [0.25, 0.3) is 0 Å². The van der Waals surface area contributed by atoms with Gasteiger partial charge >= 0.3 is 0 Å². The lowest BCUT2D eigenvalue weighted by molar-refractivity contribution is 0.0589. The highest BCUT2D eigenvalue weighted by Gasteiger charge is 2.30. The largest absolute Gasteiger partial charge is 0.389 e. The van der Waals surface area contributed by atoms with Crippen molar-refractivity contribution in [1.29, 1.82) is 0 Å². The minimum Gasteiger partial charge on any atom is -0.389 e. The van der Waals surface area contributed by atoms with Gasteiger partial charge in [0.05, 0.1) is 12.2 Å². The summed E-state index contributed by atoms with van der Waals surface area (Å²) in [6.45, 7) is 10.7. The van der Waals surface area contributed by atoms with Crippen LogP contribution in [0.3, 0.4) is 0 Å². The fourth-order valence-corrected chi connectivity index (χ4v) is 1.84. The van der Waals surface area contributed by atoms with Crippen molar-refractivity contribution in [1.82, 2.24) is 4.90 Å². The molecule has 1 aliphatic heterocycles. The highest BCUT2D eigenvalue weighted by molar-refractivity contribution is 4.85. The smallest absolute Gasteiger partial charge is 0.0758 e. The molecule has 15 heavy (non-hydrogen) atoms. The number of hydrogen-bond acceptors (Lipinski definition) is 3. The predicted octanol–water partition coefficient (Wildman–Crippen LogP) is 1.51. The Labute approximate surface area is 93.4 Å². The molecule has 1 rings (SSSR count). The van der Waals surface area contributed by atoms with Gasteiger partial charge < -0.3 is 9.84 Å². The third kappa shape index (κ3) is 5.50. The molecule has 0 radical (unpaired) electrons. The van der Waals surface area contributed by atoms with Gasteiger partial charge in [0.1, 0.15) is 0 Å². The first kappa shape index (κ1) is 12.9. The topological polar surface area (TPSA) is 32.7 Å². The van der Waals surface area contributed by atoms with Crippen molar-refractivity contribution in [3.05, 3.63) is 0 Å². The van der Waals surface area contributed by atoms with Crippen molar-refractivity contribution in [2.45, 2.75) is 39.2 Å². The molecule has 0 amide bonds. The van der Waals surface area contributed by atoms with Crippen molar-refractivity contribution < 1.29 is 9.84 Å². The number of aliphatic hydroxyl groups is 1. The molecular formula is C12H25NO2. The van der Waals surface area contributed by atoms with Gasteiger partial charge in [-0.25, -0.2) is 0 Å². The second kappa shape index (κ2) is 5.83. The molecule has 1 aliphatic rings. The molecule has 0 aliphatic carbocycles. The summed E-state index contributed by atoms with van der Waals surface area (Å²) in [5.74, 6) is 0.720. The Morgan fingerprint density at radius 2 is 2.13 bits per heavy atom. The SMILES string of the molecule is CC(C)CCOCCN1CCC(C)(O)C1. The highest BCUT2D eigenvalue weighted by Crippen LogP contribution is 2.19. The molecular weight excluding hydrogens is 190 g/mol. The van der Waals surface area contributed by atoms with E-state index in [2.05, 4.69) is 18.7 Å². The van der Waals surface area contributed by atoms with Crippen LogP contribution in [0, 0.1) is 5.92 Å². The highest BCUT2D eigenvalue weighted by atomic mass is 16.5. The van der Waals surface area contributed by atoms with Gasteiger partial charge in [-0.3, -0.25) is 4.90 Å². The molecule has 0 spiro atoms. The summed E-state index contributed by atoms with van der Waals surface area (Å²) in [5, 5.41) is 9.76. The van der Waals surface area contributed by atoms with Gasteiger partial charge in [0.15, 0.2) is 0 Å². The average Bonchev–Trinajstić information content (AvgIpc) is 2.44. The van der Waals surface area contributed by atoms with Gasteiger partial charge in [0.25, 0.3) is 0 Å². The van der Waals surface area contributed by atoms with Gasteiger partial charge in [-0.15, -0.1) is 0 Å². The second-order valence-corrected chi connectivity index (χ2v) is 5.32. The summed E-state index contributed by atoms with van der Waals surface area (Å²) in [5.41, 5.74) is -0.474. The van der Waals surface area contributed by atoms with Gasteiger partial charge in [-0.2, -0.15) is 0 Å². The van der Waals surface area contributed by atoms with E-state index in [0.717, 1.165) is 51.6 Å². The lowest BCUT2D eigenvalue weighted by atomic mass is 10.1. The number of β-amino-alcohol motifs (C(OH)–C–C–N with tert-alkyl or cyclic N) is 1. The molecule has 1 fully saturated rings. The van der Waals surface area contributed by atoms with Crippen LogP contribution >= 0.6 is 0 Å². The molecule has 90 valence electrons. The zero-order valence-corrected chi connectivity index (χ0v) is 10.3. The van der Waals surface area contributed by atoms with Crippen LogP contribution in [0.5, 0.6) is 0 Å². The molecule has 1 saturated heterocycles. The molecule has 1 heterocycles. The standard InChI is InChI=1S/C12H25NO2/c1-11(2)4-8-15-9-7-13-6-5-12(3,14)10-13/h11,14H,4-10H2,1-3H3. The summed E-state index contributed by atoms with van der Waals surface area (Å²) in [6, 6.07) is 0. The first-order valence-electron chi connectivity index (χ1n) is 6.02. The molecule has 1 N–H and O–H groups in total. The Kier molecular flexibility index (Phi) is 5.03. The van der Waals surface area contributed by atoms with Gasteiger partial charge in [-0.1, -0.05) is 13.8 Å². The number of hydrogen-bond donors (Lipinski definition) is 1. The summed E-state index contributed by atoms with van der Waals surface area (Å²) in [6.07, 6.45) is 2.02. The average molecular weight is 215 g/mol. The minimum atomic E-state index is -0.474. The predicted molar refractivity (Wildman–Crippen MR) is 62.0 cm³/mol.